The highest BCUT2D eigenvalue weighted by Gasteiger charge is 2.34. The summed E-state index contributed by atoms with van der Waals surface area (Å²) >= 11 is 4.78. The van der Waals surface area contributed by atoms with Gasteiger partial charge in [0, 0.05) is 27.0 Å². The number of benzene rings is 1. The van der Waals surface area contributed by atoms with Gasteiger partial charge in [-0.1, -0.05) is 0 Å². The Labute approximate surface area is 126 Å². The molecule has 1 aromatic heterocycles. The first-order valence-corrected chi connectivity index (χ1v) is 7.29. The van der Waals surface area contributed by atoms with Crippen molar-refractivity contribution >= 4 is 33.0 Å². The predicted octanol–water partition coefficient (Wildman–Crippen LogP) is 5.15. The van der Waals surface area contributed by atoms with Crippen LogP contribution in [0.3, 0.4) is 0 Å². The van der Waals surface area contributed by atoms with Crippen LogP contribution in [0.5, 0.6) is 5.75 Å². The molecule has 2 nitrogen and oxygen atoms in total. The number of ether oxygens (including phenoxy) is 1. The summed E-state index contributed by atoms with van der Waals surface area (Å²) in [6.07, 6.45) is -4.42. The molecule has 0 radical (unpaired) electrons. The Kier molecular flexibility index (Phi) is 4.59. The molecule has 0 saturated heterocycles. The van der Waals surface area contributed by atoms with Crippen LogP contribution < -0.4 is 10.1 Å². The third-order valence-electron chi connectivity index (χ3n) is 2.61. The van der Waals surface area contributed by atoms with E-state index in [1.165, 1.54) is 30.6 Å². The predicted molar refractivity (Wildman–Crippen MR) is 77.3 cm³/mol. The first-order valence-electron chi connectivity index (χ1n) is 5.62. The van der Waals surface area contributed by atoms with Crippen LogP contribution in [0, 0.1) is 0 Å². The highest BCUT2D eigenvalue weighted by Crippen LogP contribution is 2.37. The molecule has 0 fully saturated rings. The van der Waals surface area contributed by atoms with Gasteiger partial charge >= 0.3 is 6.18 Å². The zero-order valence-corrected chi connectivity index (χ0v) is 12.8. The Morgan fingerprint density at radius 3 is 2.60 bits per heavy atom. The Balaban J connectivity index is 2.22. The van der Waals surface area contributed by atoms with Crippen molar-refractivity contribution < 1.29 is 17.9 Å². The van der Waals surface area contributed by atoms with Gasteiger partial charge in [-0.25, -0.2) is 0 Å². The molecule has 0 saturated carbocycles. The van der Waals surface area contributed by atoms with Gasteiger partial charge in [0.25, 0.3) is 0 Å². The topological polar surface area (TPSA) is 21.3 Å². The Bertz CT molecular complexity index is 598. The van der Waals surface area contributed by atoms with Gasteiger partial charge in [-0.2, -0.15) is 13.2 Å². The minimum absolute atomic E-state index is 0.0443. The van der Waals surface area contributed by atoms with Gasteiger partial charge in [-0.15, -0.1) is 11.3 Å². The van der Waals surface area contributed by atoms with Crippen molar-refractivity contribution in [3.05, 3.63) is 44.6 Å². The molecular formula is C13H11BrF3NOS. The van der Waals surface area contributed by atoms with Crippen molar-refractivity contribution in [3.63, 3.8) is 0 Å². The summed E-state index contributed by atoms with van der Waals surface area (Å²) in [5, 5.41) is 4.70. The molecule has 108 valence electrons. The number of thiophene rings is 1. The van der Waals surface area contributed by atoms with Gasteiger partial charge in [0.05, 0.1) is 12.7 Å². The van der Waals surface area contributed by atoms with Crippen LogP contribution >= 0.6 is 27.3 Å². The zero-order valence-electron chi connectivity index (χ0n) is 10.4. The lowest BCUT2D eigenvalue weighted by Crippen LogP contribution is -2.10. The molecule has 1 heterocycles. The van der Waals surface area contributed by atoms with Crippen LogP contribution in [-0.4, -0.2) is 7.11 Å². The van der Waals surface area contributed by atoms with Crippen molar-refractivity contribution in [1.29, 1.82) is 0 Å². The third-order valence-corrected chi connectivity index (χ3v) is 4.30. The summed E-state index contributed by atoms with van der Waals surface area (Å²) in [4.78, 5) is 0.945. The number of rotatable bonds is 4. The normalized spacial score (nSPS) is 11.4. The number of nitrogens with one attached hydrogen (secondary N) is 1. The van der Waals surface area contributed by atoms with E-state index in [1.807, 2.05) is 11.4 Å². The molecule has 2 aromatic rings. The summed E-state index contributed by atoms with van der Waals surface area (Å²) in [7, 11) is 1.34. The van der Waals surface area contributed by atoms with Crippen molar-refractivity contribution in [2.24, 2.45) is 0 Å². The van der Waals surface area contributed by atoms with E-state index in [2.05, 4.69) is 21.2 Å². The average molecular weight is 366 g/mol. The van der Waals surface area contributed by atoms with E-state index in [0.717, 1.165) is 15.4 Å². The quantitative estimate of drug-likeness (QED) is 0.808. The monoisotopic (exact) mass is 365 g/mol. The van der Waals surface area contributed by atoms with Crippen molar-refractivity contribution in [2.75, 3.05) is 12.4 Å². The number of halogens is 4. The minimum atomic E-state index is -4.42. The van der Waals surface area contributed by atoms with Crippen LogP contribution in [0.1, 0.15) is 10.4 Å². The number of methoxy groups -OCH3 is 1. The van der Waals surface area contributed by atoms with Gasteiger partial charge in [0.1, 0.15) is 5.75 Å². The highest BCUT2D eigenvalue weighted by atomic mass is 79.9. The summed E-state index contributed by atoms with van der Waals surface area (Å²) in [6, 6.07) is 5.74. The van der Waals surface area contributed by atoms with E-state index in [-0.39, 0.29) is 11.4 Å². The van der Waals surface area contributed by atoms with E-state index >= 15 is 0 Å². The van der Waals surface area contributed by atoms with Gasteiger partial charge in [0.2, 0.25) is 0 Å². The standard InChI is InChI=1S/C13H11BrF3NOS/c1-19-9-2-3-12(11(5-9)13(15,16)17)18-6-10-4-8(14)7-20-10/h2-5,7,18H,6H2,1H3. The van der Waals surface area contributed by atoms with Crippen LogP contribution in [-0.2, 0) is 12.7 Å². The maximum absolute atomic E-state index is 13.0. The largest absolute Gasteiger partial charge is 0.497 e. The van der Waals surface area contributed by atoms with Crippen LogP contribution in [0.2, 0.25) is 0 Å². The maximum Gasteiger partial charge on any atom is 0.418 e. The number of anilines is 1. The average Bonchev–Trinajstić information content (AvgIpc) is 2.81. The van der Waals surface area contributed by atoms with E-state index in [9.17, 15) is 13.2 Å². The van der Waals surface area contributed by atoms with Crippen LogP contribution in [0.25, 0.3) is 0 Å². The van der Waals surface area contributed by atoms with E-state index < -0.39 is 11.7 Å². The first kappa shape index (κ1) is 15.2. The maximum atomic E-state index is 13.0. The lowest BCUT2D eigenvalue weighted by atomic mass is 10.1. The third kappa shape index (κ3) is 3.67. The molecule has 2 rings (SSSR count). The molecular weight excluding hydrogens is 355 g/mol. The second-order valence-corrected chi connectivity index (χ2v) is 5.91. The molecule has 7 heteroatoms. The molecule has 0 atom stereocenters. The van der Waals surface area contributed by atoms with Gasteiger partial charge < -0.3 is 10.1 Å². The summed E-state index contributed by atoms with van der Waals surface area (Å²) in [5.41, 5.74) is -0.685. The summed E-state index contributed by atoms with van der Waals surface area (Å²) in [5.74, 6) is 0.182. The first-order chi connectivity index (χ1) is 9.40. The van der Waals surface area contributed by atoms with Gasteiger partial charge in [-0.3, -0.25) is 0 Å². The molecule has 0 aliphatic carbocycles. The number of hydrogen-bond acceptors (Lipinski definition) is 3. The zero-order chi connectivity index (χ0) is 14.8. The lowest BCUT2D eigenvalue weighted by Gasteiger charge is -2.15. The van der Waals surface area contributed by atoms with Crippen LogP contribution in [0.4, 0.5) is 18.9 Å². The summed E-state index contributed by atoms with van der Waals surface area (Å²) in [6.45, 7) is 0.339. The summed E-state index contributed by atoms with van der Waals surface area (Å²) < 4.78 is 44.7. The molecule has 0 unspecified atom stereocenters. The Morgan fingerprint density at radius 2 is 2.05 bits per heavy atom. The Hall–Kier alpha value is -1.21. The van der Waals surface area contributed by atoms with E-state index in [0.29, 0.717) is 6.54 Å². The number of alkyl halides is 3. The molecule has 0 aliphatic heterocycles. The van der Waals surface area contributed by atoms with Crippen molar-refractivity contribution in [1.82, 2.24) is 0 Å². The number of hydrogen-bond donors (Lipinski definition) is 1. The van der Waals surface area contributed by atoms with E-state index in [1.54, 1.807) is 0 Å². The Morgan fingerprint density at radius 1 is 1.30 bits per heavy atom. The molecule has 0 spiro atoms. The molecule has 0 aliphatic rings. The highest BCUT2D eigenvalue weighted by molar-refractivity contribution is 9.10. The van der Waals surface area contributed by atoms with Gasteiger partial charge in [-0.05, 0) is 40.2 Å². The fourth-order valence-electron chi connectivity index (χ4n) is 1.67. The van der Waals surface area contributed by atoms with E-state index in [4.69, 9.17) is 4.74 Å². The molecule has 1 N–H and O–H groups in total. The second kappa shape index (κ2) is 6.05. The van der Waals surface area contributed by atoms with Crippen LogP contribution in [0.15, 0.2) is 34.1 Å². The molecule has 0 bridgehead atoms. The molecule has 0 amide bonds. The molecule has 20 heavy (non-hydrogen) atoms. The molecule has 1 aromatic carbocycles. The minimum Gasteiger partial charge on any atom is -0.497 e. The fourth-order valence-corrected chi connectivity index (χ4v) is 3.06. The fraction of sp³-hybridized carbons (Fsp3) is 0.231. The van der Waals surface area contributed by atoms with Crippen molar-refractivity contribution in [2.45, 2.75) is 12.7 Å². The van der Waals surface area contributed by atoms with Crippen molar-refractivity contribution in [3.8, 4) is 5.75 Å². The lowest BCUT2D eigenvalue weighted by molar-refractivity contribution is -0.137. The smallest absolute Gasteiger partial charge is 0.418 e. The second-order valence-electron chi connectivity index (χ2n) is 3.99. The SMILES string of the molecule is COc1ccc(NCc2cc(Br)cs2)c(C(F)(F)F)c1. The van der Waals surface area contributed by atoms with Gasteiger partial charge in [0.15, 0.2) is 0 Å².